The molecular weight excluding hydrogens is 582 g/mol. The normalized spacial score (nSPS) is 13.5. The molecule has 1 nitrogen and oxygen atoms in total. The second-order valence-corrected chi connectivity index (χ2v) is 12.8. The number of halogens is 2. The van der Waals surface area contributed by atoms with Crippen molar-refractivity contribution in [3.8, 4) is 22.4 Å². The van der Waals surface area contributed by atoms with Gasteiger partial charge >= 0.3 is 0 Å². The van der Waals surface area contributed by atoms with Gasteiger partial charge in [-0.05, 0) is 81.4 Å². The second kappa shape index (κ2) is 14.1. The fourth-order valence-electron chi connectivity index (χ4n) is 6.25. The van der Waals surface area contributed by atoms with Gasteiger partial charge in [-0.3, -0.25) is 4.98 Å². The zero-order valence-corrected chi connectivity index (χ0v) is 26.0. The monoisotopic (exact) mass is 623 g/mol. The first-order chi connectivity index (χ1) is 18.1. The maximum Gasteiger partial charge on any atom is 0.0702 e. The third kappa shape index (κ3) is 6.95. The van der Waals surface area contributed by atoms with Crippen LogP contribution in [-0.4, -0.2) is 4.98 Å². The number of nitrogens with zero attached hydrogens (tertiary/aromatic N) is 1. The van der Waals surface area contributed by atoms with Crippen LogP contribution in [0.15, 0.2) is 63.7 Å². The first-order valence-corrected chi connectivity index (χ1v) is 16.2. The van der Waals surface area contributed by atoms with Crippen molar-refractivity contribution >= 4 is 31.9 Å². The van der Waals surface area contributed by atoms with Gasteiger partial charge in [-0.15, -0.1) is 0 Å². The number of aromatic nitrogens is 1. The van der Waals surface area contributed by atoms with Crippen LogP contribution in [0.3, 0.4) is 0 Å². The number of hydrogen-bond donors (Lipinski definition) is 0. The summed E-state index contributed by atoms with van der Waals surface area (Å²) in [5.41, 5.74) is 8.32. The molecule has 0 aliphatic heterocycles. The lowest BCUT2D eigenvalue weighted by Crippen LogP contribution is -2.25. The van der Waals surface area contributed by atoms with Gasteiger partial charge in [-0.1, -0.05) is 125 Å². The Morgan fingerprint density at radius 3 is 1.73 bits per heavy atom. The van der Waals surface area contributed by atoms with Crippen LogP contribution in [0.1, 0.15) is 115 Å². The Bertz CT molecular complexity index is 1120. The highest BCUT2D eigenvalue weighted by atomic mass is 79.9. The lowest BCUT2D eigenvalue weighted by molar-refractivity contribution is 0.398. The van der Waals surface area contributed by atoms with Crippen molar-refractivity contribution in [1.82, 2.24) is 4.98 Å². The lowest BCUT2D eigenvalue weighted by Gasteiger charge is -2.33. The van der Waals surface area contributed by atoms with Crippen molar-refractivity contribution in [2.24, 2.45) is 0 Å². The van der Waals surface area contributed by atoms with Gasteiger partial charge in [0.2, 0.25) is 0 Å². The summed E-state index contributed by atoms with van der Waals surface area (Å²) < 4.78 is 2.22. The Morgan fingerprint density at radius 1 is 0.595 bits per heavy atom. The summed E-state index contributed by atoms with van der Waals surface area (Å²) in [5.74, 6) is 0. The van der Waals surface area contributed by atoms with E-state index < -0.39 is 0 Å². The molecule has 0 saturated carbocycles. The van der Waals surface area contributed by atoms with E-state index >= 15 is 0 Å². The minimum absolute atomic E-state index is 0.0926. The molecule has 0 fully saturated rings. The third-order valence-electron chi connectivity index (χ3n) is 8.26. The van der Waals surface area contributed by atoms with E-state index in [0.717, 1.165) is 10.2 Å². The average Bonchev–Trinajstić information content (AvgIpc) is 3.17. The van der Waals surface area contributed by atoms with E-state index in [-0.39, 0.29) is 5.41 Å². The van der Waals surface area contributed by atoms with Crippen LogP contribution >= 0.6 is 31.9 Å². The molecule has 0 atom stereocenters. The van der Waals surface area contributed by atoms with E-state index in [0.29, 0.717) is 0 Å². The summed E-state index contributed by atoms with van der Waals surface area (Å²) in [7, 11) is 0. The molecular formula is C34H43Br2N. The van der Waals surface area contributed by atoms with Gasteiger partial charge in [0.25, 0.3) is 0 Å². The first-order valence-electron chi connectivity index (χ1n) is 14.7. The van der Waals surface area contributed by atoms with Crippen LogP contribution in [0, 0.1) is 0 Å². The van der Waals surface area contributed by atoms with Crippen molar-refractivity contribution < 1.29 is 0 Å². The van der Waals surface area contributed by atoms with Crippen molar-refractivity contribution in [2.75, 3.05) is 0 Å². The smallest absolute Gasteiger partial charge is 0.0702 e. The van der Waals surface area contributed by atoms with Gasteiger partial charge in [0.05, 0.1) is 5.69 Å². The van der Waals surface area contributed by atoms with Crippen LogP contribution in [0.4, 0.5) is 0 Å². The van der Waals surface area contributed by atoms with Crippen molar-refractivity contribution in [2.45, 2.75) is 109 Å². The Morgan fingerprint density at radius 2 is 1.14 bits per heavy atom. The zero-order chi connectivity index (χ0) is 26.1. The van der Waals surface area contributed by atoms with E-state index in [4.69, 9.17) is 4.98 Å². The van der Waals surface area contributed by atoms with Gasteiger partial charge in [-0.2, -0.15) is 0 Å². The molecule has 0 amide bonds. The number of benzene rings is 2. The molecule has 0 saturated heterocycles. The molecule has 1 aliphatic carbocycles. The highest BCUT2D eigenvalue weighted by Crippen LogP contribution is 2.55. The fraction of sp³-hybridized carbons (Fsp3) is 0.500. The predicted octanol–water partition coefficient (Wildman–Crippen LogP) is 12.0. The van der Waals surface area contributed by atoms with E-state index in [9.17, 15) is 0 Å². The quantitative estimate of drug-likeness (QED) is 0.153. The molecule has 0 spiro atoms. The first kappa shape index (κ1) is 28.6. The summed E-state index contributed by atoms with van der Waals surface area (Å²) >= 11 is 7.37. The van der Waals surface area contributed by atoms with Gasteiger partial charge in [0.1, 0.15) is 0 Å². The summed E-state index contributed by atoms with van der Waals surface area (Å²) in [4.78, 5) is 4.74. The molecule has 4 rings (SSSR count). The maximum absolute atomic E-state index is 4.74. The van der Waals surface area contributed by atoms with E-state index in [1.54, 1.807) is 5.56 Å². The van der Waals surface area contributed by atoms with E-state index in [2.05, 4.69) is 94.2 Å². The summed E-state index contributed by atoms with van der Waals surface area (Å²) in [5, 5.41) is 0. The molecule has 0 bridgehead atoms. The molecule has 37 heavy (non-hydrogen) atoms. The summed E-state index contributed by atoms with van der Waals surface area (Å²) in [6.07, 6.45) is 20.5. The Hall–Kier alpha value is -1.45. The van der Waals surface area contributed by atoms with E-state index in [1.807, 2.05) is 6.20 Å². The topological polar surface area (TPSA) is 12.9 Å². The minimum atomic E-state index is 0.0926. The van der Waals surface area contributed by atoms with E-state index in [1.165, 1.54) is 117 Å². The summed E-state index contributed by atoms with van der Waals surface area (Å²) in [6, 6.07) is 18.3. The predicted molar refractivity (Wildman–Crippen MR) is 167 cm³/mol. The molecule has 3 aromatic rings. The van der Waals surface area contributed by atoms with Gasteiger partial charge < -0.3 is 0 Å². The van der Waals surface area contributed by atoms with Gasteiger partial charge in [-0.25, -0.2) is 0 Å². The standard InChI is InChI=1S/C34H43Br2N/c1-3-5-7-9-11-13-21-34(22-14-12-10-8-6-4-2)31-23-26(33-20-17-28(36)25-37-33)15-18-29(31)30-19-16-27(35)24-32(30)34/h15-20,23-25H,3-14,21-22H2,1-2H3. The second-order valence-electron chi connectivity index (χ2n) is 10.9. The highest BCUT2D eigenvalue weighted by Gasteiger charge is 2.42. The van der Waals surface area contributed by atoms with Crippen LogP contribution in [0.25, 0.3) is 22.4 Å². The minimum Gasteiger partial charge on any atom is -0.255 e. The van der Waals surface area contributed by atoms with Crippen LogP contribution < -0.4 is 0 Å². The number of unbranched alkanes of at least 4 members (excludes halogenated alkanes) is 10. The maximum atomic E-state index is 4.74. The zero-order valence-electron chi connectivity index (χ0n) is 22.8. The van der Waals surface area contributed by atoms with Gasteiger partial charge in [0.15, 0.2) is 0 Å². The molecule has 1 heterocycles. The number of fused-ring (bicyclic) bond motifs is 3. The fourth-order valence-corrected chi connectivity index (χ4v) is 6.85. The molecule has 3 heteroatoms. The third-order valence-corrected chi connectivity index (χ3v) is 9.22. The van der Waals surface area contributed by atoms with Crippen LogP contribution in [0.2, 0.25) is 0 Å². The van der Waals surface area contributed by atoms with Crippen LogP contribution in [-0.2, 0) is 5.41 Å². The molecule has 2 aromatic carbocycles. The van der Waals surface area contributed by atoms with Crippen molar-refractivity contribution in [3.63, 3.8) is 0 Å². The molecule has 1 aromatic heterocycles. The molecule has 198 valence electrons. The number of rotatable bonds is 15. The summed E-state index contributed by atoms with van der Waals surface area (Å²) in [6.45, 7) is 4.61. The highest BCUT2D eigenvalue weighted by molar-refractivity contribution is 9.10. The Balaban J connectivity index is 1.69. The number of hydrogen-bond acceptors (Lipinski definition) is 1. The Kier molecular flexibility index (Phi) is 10.9. The van der Waals surface area contributed by atoms with Crippen LogP contribution in [0.5, 0.6) is 0 Å². The Labute approximate surface area is 242 Å². The lowest BCUT2D eigenvalue weighted by atomic mass is 9.70. The van der Waals surface area contributed by atoms with Crippen molar-refractivity contribution in [3.05, 3.63) is 74.8 Å². The van der Waals surface area contributed by atoms with Gasteiger partial charge in [0, 0.05) is 26.1 Å². The molecule has 0 radical (unpaired) electrons. The molecule has 0 unspecified atom stereocenters. The number of pyridine rings is 1. The largest absolute Gasteiger partial charge is 0.255 e. The molecule has 0 N–H and O–H groups in total. The SMILES string of the molecule is CCCCCCCCC1(CCCCCCCC)c2cc(Br)ccc2-c2ccc(-c3ccc(Br)cn3)cc21. The molecule has 1 aliphatic rings. The van der Waals surface area contributed by atoms with Crippen molar-refractivity contribution in [1.29, 1.82) is 0 Å². The average molecular weight is 626 g/mol.